The maximum Gasteiger partial charge on any atom is 0.365 e. The Morgan fingerprint density at radius 3 is 2.57 bits per heavy atom. The fraction of sp³-hybridized carbons (Fsp3) is 0.286. The van der Waals surface area contributed by atoms with Gasteiger partial charge in [-0.05, 0) is 12.1 Å². The summed E-state index contributed by atoms with van der Waals surface area (Å²) in [6.07, 6.45) is -0.124. The highest BCUT2D eigenvalue weighted by atomic mass is 16.7. The van der Waals surface area contributed by atoms with Crippen molar-refractivity contribution in [2.45, 2.75) is 12.0 Å². The van der Waals surface area contributed by atoms with Crippen molar-refractivity contribution in [2.24, 2.45) is 5.16 Å². The Kier molecular flexibility index (Phi) is 3.89. The lowest BCUT2D eigenvalue weighted by atomic mass is 9.93. The minimum absolute atomic E-state index is 0.124. The highest BCUT2D eigenvalue weighted by Crippen LogP contribution is 2.29. The number of oxime groups is 1. The lowest BCUT2D eigenvalue weighted by Gasteiger charge is -2.20. The average Bonchev–Trinajstić information content (AvgIpc) is 3.00. The topological polar surface area (TPSA) is 98.0 Å². The molecule has 0 fully saturated rings. The molecule has 0 N–H and O–H groups in total. The molecular formula is C14H12N2O5. The molecule has 0 saturated carbocycles. The van der Waals surface area contributed by atoms with Crippen LogP contribution in [0.5, 0.6) is 0 Å². The molecule has 1 heterocycles. The molecule has 0 bridgehead atoms. The summed E-state index contributed by atoms with van der Waals surface area (Å²) in [5.74, 6) is -1.77. The quantitative estimate of drug-likeness (QED) is 0.601. The van der Waals surface area contributed by atoms with E-state index in [2.05, 4.69) is 14.6 Å². The molecule has 21 heavy (non-hydrogen) atoms. The van der Waals surface area contributed by atoms with E-state index < -0.39 is 17.5 Å². The molecule has 0 saturated heterocycles. The number of hydrogen-bond acceptors (Lipinski definition) is 7. The van der Waals surface area contributed by atoms with Gasteiger partial charge >= 0.3 is 17.5 Å². The molecule has 0 aliphatic carbocycles. The van der Waals surface area contributed by atoms with Gasteiger partial charge in [-0.3, -0.25) is 0 Å². The van der Waals surface area contributed by atoms with E-state index in [1.807, 2.05) is 6.07 Å². The lowest BCUT2D eigenvalue weighted by molar-refractivity contribution is -0.184. The molecule has 1 aliphatic rings. The molecule has 2 rings (SSSR count). The zero-order valence-corrected chi connectivity index (χ0v) is 11.5. The van der Waals surface area contributed by atoms with Crippen molar-refractivity contribution in [3.05, 3.63) is 35.4 Å². The van der Waals surface area contributed by atoms with Crippen LogP contribution in [0.2, 0.25) is 0 Å². The molecule has 0 unspecified atom stereocenters. The Labute approximate surface area is 120 Å². The molecule has 0 amide bonds. The number of rotatable bonds is 3. The Balaban J connectivity index is 2.33. The number of benzene rings is 1. The van der Waals surface area contributed by atoms with Gasteiger partial charge in [-0.15, -0.1) is 0 Å². The zero-order chi connectivity index (χ0) is 15.5. The normalized spacial score (nSPS) is 15.4. The first kappa shape index (κ1) is 14.5. The summed E-state index contributed by atoms with van der Waals surface area (Å²) in [6.45, 7) is 0. The number of esters is 2. The smallest absolute Gasteiger partial charge is 0.365 e. The predicted octanol–water partition coefficient (Wildman–Crippen LogP) is 0.767. The second-order valence-corrected chi connectivity index (χ2v) is 4.31. The van der Waals surface area contributed by atoms with Gasteiger partial charge in [-0.2, -0.15) is 5.26 Å². The molecule has 0 spiro atoms. The SMILES string of the molecule is COC(=O)C1(C(=O)OC)CC(c2cccc(C#N)c2)=NO1. The summed E-state index contributed by atoms with van der Waals surface area (Å²) in [7, 11) is 2.29. The average molecular weight is 288 g/mol. The van der Waals surface area contributed by atoms with Crippen LogP contribution in [0.25, 0.3) is 0 Å². The molecule has 1 aliphatic heterocycles. The maximum atomic E-state index is 11.9. The van der Waals surface area contributed by atoms with Crippen LogP contribution in [-0.4, -0.2) is 37.5 Å². The summed E-state index contributed by atoms with van der Waals surface area (Å²) >= 11 is 0. The predicted molar refractivity (Wildman–Crippen MR) is 70.2 cm³/mol. The number of nitrogens with zero attached hydrogens (tertiary/aromatic N) is 2. The minimum atomic E-state index is -1.93. The molecule has 0 radical (unpaired) electrons. The standard InChI is InChI=1S/C14H12N2O5/c1-19-12(17)14(13(18)20-2)7-11(16-21-14)10-5-3-4-9(6-10)8-15/h3-6H,7H2,1-2H3. The molecule has 1 aromatic carbocycles. The van der Waals surface area contributed by atoms with Crippen LogP contribution < -0.4 is 0 Å². The van der Waals surface area contributed by atoms with Crippen molar-refractivity contribution in [3.63, 3.8) is 0 Å². The van der Waals surface area contributed by atoms with E-state index >= 15 is 0 Å². The van der Waals surface area contributed by atoms with Crippen molar-refractivity contribution in [2.75, 3.05) is 14.2 Å². The van der Waals surface area contributed by atoms with E-state index in [0.29, 0.717) is 16.8 Å². The third kappa shape index (κ3) is 2.43. The van der Waals surface area contributed by atoms with Gasteiger partial charge in [0, 0.05) is 5.56 Å². The Bertz CT molecular complexity index is 644. The van der Waals surface area contributed by atoms with E-state index in [1.54, 1.807) is 24.3 Å². The van der Waals surface area contributed by atoms with Gasteiger partial charge in [0.1, 0.15) is 0 Å². The summed E-state index contributed by atoms with van der Waals surface area (Å²) in [5, 5.41) is 12.7. The number of nitriles is 1. The molecule has 108 valence electrons. The summed E-state index contributed by atoms with van der Waals surface area (Å²) in [5.41, 5.74) is -0.544. The summed E-state index contributed by atoms with van der Waals surface area (Å²) in [4.78, 5) is 28.8. The number of ether oxygens (including phenoxy) is 2. The Morgan fingerprint density at radius 2 is 2.00 bits per heavy atom. The number of methoxy groups -OCH3 is 2. The van der Waals surface area contributed by atoms with Crippen LogP contribution in [0.1, 0.15) is 17.5 Å². The molecule has 7 nitrogen and oxygen atoms in total. The summed E-state index contributed by atoms with van der Waals surface area (Å²) < 4.78 is 9.20. The van der Waals surface area contributed by atoms with Gasteiger partial charge < -0.3 is 14.3 Å². The highest BCUT2D eigenvalue weighted by Gasteiger charge is 2.56. The van der Waals surface area contributed by atoms with Crippen molar-refractivity contribution < 1.29 is 23.9 Å². The van der Waals surface area contributed by atoms with Crippen molar-refractivity contribution >= 4 is 17.7 Å². The number of carbonyl (C=O) groups is 2. The monoisotopic (exact) mass is 288 g/mol. The fourth-order valence-corrected chi connectivity index (χ4v) is 1.99. The van der Waals surface area contributed by atoms with E-state index in [9.17, 15) is 9.59 Å². The molecule has 1 aromatic rings. The van der Waals surface area contributed by atoms with E-state index in [1.165, 1.54) is 0 Å². The Hall–Kier alpha value is -2.88. The van der Waals surface area contributed by atoms with Gasteiger partial charge in [0.15, 0.2) is 0 Å². The van der Waals surface area contributed by atoms with Gasteiger partial charge in [0.25, 0.3) is 0 Å². The van der Waals surface area contributed by atoms with E-state index in [-0.39, 0.29) is 6.42 Å². The van der Waals surface area contributed by atoms with Crippen molar-refractivity contribution in [1.29, 1.82) is 5.26 Å². The third-order valence-electron chi connectivity index (χ3n) is 3.08. The lowest BCUT2D eigenvalue weighted by Crippen LogP contribution is -2.48. The van der Waals surface area contributed by atoms with Crippen molar-refractivity contribution in [1.82, 2.24) is 0 Å². The van der Waals surface area contributed by atoms with Gasteiger partial charge in [0.2, 0.25) is 0 Å². The Morgan fingerprint density at radius 1 is 1.33 bits per heavy atom. The second-order valence-electron chi connectivity index (χ2n) is 4.31. The summed E-state index contributed by atoms with van der Waals surface area (Å²) in [6, 6.07) is 8.60. The molecular weight excluding hydrogens is 276 g/mol. The van der Waals surface area contributed by atoms with Crippen LogP contribution >= 0.6 is 0 Å². The second kappa shape index (κ2) is 5.63. The van der Waals surface area contributed by atoms with Crippen LogP contribution in [-0.2, 0) is 23.9 Å². The van der Waals surface area contributed by atoms with Crippen LogP contribution in [0.3, 0.4) is 0 Å². The molecule has 7 heteroatoms. The van der Waals surface area contributed by atoms with E-state index in [4.69, 9.17) is 10.1 Å². The first-order valence-corrected chi connectivity index (χ1v) is 6.00. The van der Waals surface area contributed by atoms with E-state index in [0.717, 1.165) is 14.2 Å². The zero-order valence-electron chi connectivity index (χ0n) is 11.5. The first-order chi connectivity index (χ1) is 10.1. The fourth-order valence-electron chi connectivity index (χ4n) is 1.99. The molecule has 0 aromatic heterocycles. The number of hydrogen-bond donors (Lipinski definition) is 0. The van der Waals surface area contributed by atoms with Gasteiger partial charge in [-0.25, -0.2) is 9.59 Å². The largest absolute Gasteiger partial charge is 0.466 e. The minimum Gasteiger partial charge on any atom is -0.466 e. The highest BCUT2D eigenvalue weighted by molar-refractivity contribution is 6.13. The number of carbonyl (C=O) groups excluding carboxylic acids is 2. The van der Waals surface area contributed by atoms with Crippen molar-refractivity contribution in [3.8, 4) is 6.07 Å². The van der Waals surface area contributed by atoms with Crippen LogP contribution in [0, 0.1) is 11.3 Å². The van der Waals surface area contributed by atoms with Crippen LogP contribution in [0.15, 0.2) is 29.4 Å². The van der Waals surface area contributed by atoms with Crippen LogP contribution in [0.4, 0.5) is 0 Å². The van der Waals surface area contributed by atoms with Gasteiger partial charge in [0.05, 0.1) is 38.0 Å². The third-order valence-corrected chi connectivity index (χ3v) is 3.08. The molecule has 0 atom stereocenters. The first-order valence-electron chi connectivity index (χ1n) is 6.00. The van der Waals surface area contributed by atoms with Gasteiger partial charge in [-0.1, -0.05) is 17.3 Å². The maximum absolute atomic E-state index is 11.9.